The van der Waals surface area contributed by atoms with E-state index in [4.69, 9.17) is 0 Å². The van der Waals surface area contributed by atoms with E-state index in [0.29, 0.717) is 6.54 Å². The number of hydrogen-bond donors (Lipinski definition) is 2. The molecule has 0 saturated heterocycles. The van der Waals surface area contributed by atoms with Gasteiger partial charge in [-0.1, -0.05) is 11.6 Å². The highest BCUT2D eigenvalue weighted by Gasteiger charge is 2.24. The van der Waals surface area contributed by atoms with Crippen LogP contribution in [0, 0.1) is 5.82 Å². The second kappa shape index (κ2) is 8.39. The Bertz CT molecular complexity index is 707. The van der Waals surface area contributed by atoms with Gasteiger partial charge in [0.25, 0.3) is 0 Å². The van der Waals surface area contributed by atoms with E-state index in [0.717, 1.165) is 43.8 Å². The minimum atomic E-state index is -4.02. The first-order valence-electron chi connectivity index (χ1n) is 6.70. The van der Waals surface area contributed by atoms with Crippen molar-refractivity contribution in [1.29, 1.82) is 0 Å². The van der Waals surface area contributed by atoms with E-state index in [1.54, 1.807) is 0 Å². The lowest BCUT2D eigenvalue weighted by atomic mass is 10.1. The molecule has 0 spiro atoms. The molecular formula is C14H18ClFN2O4S. The van der Waals surface area contributed by atoms with Crippen molar-refractivity contribution < 1.29 is 22.3 Å². The molecule has 1 heterocycles. The van der Waals surface area contributed by atoms with E-state index >= 15 is 0 Å². The molecule has 0 saturated carbocycles. The largest absolute Gasteiger partial charge is 0.465 e. The van der Waals surface area contributed by atoms with Crippen LogP contribution in [0.25, 0.3) is 0 Å². The minimum absolute atomic E-state index is 0. The Morgan fingerprint density at radius 3 is 2.78 bits per heavy atom. The van der Waals surface area contributed by atoms with Gasteiger partial charge in [-0.2, -0.15) is 0 Å². The van der Waals surface area contributed by atoms with Crippen LogP contribution in [0.4, 0.5) is 4.39 Å². The maximum absolute atomic E-state index is 13.4. The summed E-state index contributed by atoms with van der Waals surface area (Å²) in [5.74, 6) is -1.57. The highest BCUT2D eigenvalue weighted by atomic mass is 35.5. The monoisotopic (exact) mass is 364 g/mol. The number of rotatable bonds is 5. The lowest BCUT2D eigenvalue weighted by molar-refractivity contribution is 0.0596. The predicted octanol–water partition coefficient (Wildman–Crippen LogP) is 1.23. The van der Waals surface area contributed by atoms with Gasteiger partial charge < -0.3 is 10.1 Å². The lowest BCUT2D eigenvalue weighted by Crippen LogP contribution is -2.30. The first-order valence-corrected chi connectivity index (χ1v) is 8.18. The van der Waals surface area contributed by atoms with Crippen LogP contribution in [0.5, 0.6) is 0 Å². The van der Waals surface area contributed by atoms with Gasteiger partial charge in [-0.15, -0.1) is 12.4 Å². The van der Waals surface area contributed by atoms with Crippen LogP contribution in [0.1, 0.15) is 16.8 Å². The van der Waals surface area contributed by atoms with Crippen LogP contribution in [-0.2, 0) is 14.8 Å². The van der Waals surface area contributed by atoms with Gasteiger partial charge in [0.2, 0.25) is 10.0 Å². The number of sulfonamides is 1. The zero-order valence-corrected chi connectivity index (χ0v) is 14.1. The molecule has 0 aromatic heterocycles. The molecule has 2 rings (SSSR count). The van der Waals surface area contributed by atoms with E-state index < -0.39 is 26.7 Å². The van der Waals surface area contributed by atoms with Crippen LogP contribution >= 0.6 is 12.4 Å². The summed E-state index contributed by atoms with van der Waals surface area (Å²) in [6.07, 6.45) is 2.63. The van der Waals surface area contributed by atoms with Crippen molar-refractivity contribution in [2.24, 2.45) is 0 Å². The number of benzene rings is 1. The average molecular weight is 365 g/mol. The van der Waals surface area contributed by atoms with Crippen molar-refractivity contribution in [3.63, 3.8) is 0 Å². The molecule has 0 bridgehead atoms. The van der Waals surface area contributed by atoms with Crippen LogP contribution in [-0.4, -0.2) is 41.1 Å². The van der Waals surface area contributed by atoms with Crippen molar-refractivity contribution in [1.82, 2.24) is 10.0 Å². The first-order chi connectivity index (χ1) is 10.4. The fourth-order valence-corrected chi connectivity index (χ4v) is 3.33. The first kappa shape index (κ1) is 19.6. The van der Waals surface area contributed by atoms with Gasteiger partial charge >= 0.3 is 5.97 Å². The summed E-state index contributed by atoms with van der Waals surface area (Å²) in [6, 6.07) is 2.92. The zero-order chi connectivity index (χ0) is 16.2. The molecule has 0 aliphatic carbocycles. The molecule has 1 aromatic rings. The summed E-state index contributed by atoms with van der Waals surface area (Å²) in [6.45, 7) is 1.59. The maximum Gasteiger partial charge on any atom is 0.339 e. The number of esters is 1. The van der Waals surface area contributed by atoms with Gasteiger partial charge in [0, 0.05) is 13.1 Å². The summed E-state index contributed by atoms with van der Waals surface area (Å²) < 4.78 is 45.0. The standard InChI is InChI=1S/C14H17FN2O4S.ClH/c1-21-14(18)12-3-2-11(15)8-13(12)22(19,20)17-9-10-4-6-16-7-5-10;/h2-4,8,16-17H,5-7,9H2,1H3;1H. The highest BCUT2D eigenvalue weighted by Crippen LogP contribution is 2.18. The van der Waals surface area contributed by atoms with E-state index in [-0.39, 0.29) is 24.5 Å². The molecule has 6 nitrogen and oxygen atoms in total. The predicted molar refractivity (Wildman–Crippen MR) is 85.7 cm³/mol. The van der Waals surface area contributed by atoms with Crippen LogP contribution in [0.3, 0.4) is 0 Å². The Hall–Kier alpha value is -1.48. The van der Waals surface area contributed by atoms with Crippen LogP contribution in [0.15, 0.2) is 34.7 Å². The molecular weight excluding hydrogens is 347 g/mol. The SMILES string of the molecule is COC(=O)c1ccc(F)cc1S(=O)(=O)NCC1=CCNCC1.Cl. The number of nitrogens with one attached hydrogen (secondary N) is 2. The quantitative estimate of drug-likeness (QED) is 0.606. The second-order valence-corrected chi connectivity index (χ2v) is 6.51. The molecule has 0 atom stereocenters. The van der Waals surface area contributed by atoms with Crippen molar-refractivity contribution in [2.45, 2.75) is 11.3 Å². The molecule has 0 unspecified atom stereocenters. The molecule has 1 aliphatic heterocycles. The third kappa shape index (κ3) is 5.00. The van der Waals surface area contributed by atoms with Crippen molar-refractivity contribution in [2.75, 3.05) is 26.7 Å². The van der Waals surface area contributed by atoms with Gasteiger partial charge in [0.1, 0.15) is 5.82 Å². The van der Waals surface area contributed by atoms with E-state index in [1.807, 2.05) is 6.08 Å². The minimum Gasteiger partial charge on any atom is -0.465 e. The molecule has 2 N–H and O–H groups in total. The van der Waals surface area contributed by atoms with Crippen LogP contribution in [0.2, 0.25) is 0 Å². The zero-order valence-electron chi connectivity index (χ0n) is 12.5. The van der Waals surface area contributed by atoms with Gasteiger partial charge in [0.15, 0.2) is 0 Å². The summed E-state index contributed by atoms with van der Waals surface area (Å²) in [5.41, 5.74) is 0.744. The summed E-state index contributed by atoms with van der Waals surface area (Å²) in [5, 5.41) is 3.12. The van der Waals surface area contributed by atoms with Crippen molar-refractivity contribution in [3.8, 4) is 0 Å². The average Bonchev–Trinajstić information content (AvgIpc) is 2.53. The fraction of sp³-hybridized carbons (Fsp3) is 0.357. The molecule has 9 heteroatoms. The topological polar surface area (TPSA) is 84.5 Å². The number of carbonyl (C=O) groups is 1. The van der Waals surface area contributed by atoms with Crippen LogP contribution < -0.4 is 10.0 Å². The Morgan fingerprint density at radius 1 is 1.43 bits per heavy atom. The Morgan fingerprint density at radius 2 is 2.17 bits per heavy atom. The maximum atomic E-state index is 13.4. The smallest absolute Gasteiger partial charge is 0.339 e. The van der Waals surface area contributed by atoms with E-state index in [1.165, 1.54) is 0 Å². The molecule has 23 heavy (non-hydrogen) atoms. The van der Waals surface area contributed by atoms with E-state index in [9.17, 15) is 17.6 Å². The molecule has 0 radical (unpaired) electrons. The summed E-state index contributed by atoms with van der Waals surface area (Å²) in [4.78, 5) is 11.2. The highest BCUT2D eigenvalue weighted by molar-refractivity contribution is 7.89. The lowest BCUT2D eigenvalue weighted by Gasteiger charge is -2.15. The van der Waals surface area contributed by atoms with Gasteiger partial charge in [-0.05, 0) is 31.2 Å². The van der Waals surface area contributed by atoms with E-state index in [2.05, 4.69) is 14.8 Å². The third-order valence-corrected chi connectivity index (χ3v) is 4.73. The van der Waals surface area contributed by atoms with Crippen molar-refractivity contribution >= 4 is 28.4 Å². The molecule has 0 amide bonds. The number of methoxy groups -OCH3 is 1. The number of ether oxygens (including phenoxy) is 1. The van der Waals surface area contributed by atoms with Gasteiger partial charge in [-0.25, -0.2) is 22.3 Å². The Labute approximate surface area is 140 Å². The molecule has 0 fully saturated rings. The van der Waals surface area contributed by atoms with Crippen molar-refractivity contribution in [3.05, 3.63) is 41.2 Å². The Balaban J connectivity index is 0.00000264. The number of hydrogen-bond acceptors (Lipinski definition) is 5. The molecule has 128 valence electrons. The molecule has 1 aliphatic rings. The van der Waals surface area contributed by atoms with Gasteiger partial charge in [-0.3, -0.25) is 0 Å². The Kier molecular flexibility index (Phi) is 7.14. The molecule has 1 aromatic carbocycles. The third-order valence-electron chi connectivity index (χ3n) is 3.29. The number of halogens is 2. The summed E-state index contributed by atoms with van der Waals surface area (Å²) in [7, 11) is -2.89. The normalized spacial score (nSPS) is 14.6. The second-order valence-electron chi connectivity index (χ2n) is 4.77. The fourth-order valence-electron chi connectivity index (χ4n) is 2.09. The summed E-state index contributed by atoms with van der Waals surface area (Å²) >= 11 is 0. The number of carbonyl (C=O) groups excluding carboxylic acids is 1. The van der Waals surface area contributed by atoms with Gasteiger partial charge in [0.05, 0.1) is 17.6 Å².